The number of hydrogen-bond acceptors (Lipinski definition) is 2. The summed E-state index contributed by atoms with van der Waals surface area (Å²) in [5.41, 5.74) is 1.28. The van der Waals surface area contributed by atoms with Crippen molar-refractivity contribution in [1.29, 1.82) is 0 Å². The lowest BCUT2D eigenvalue weighted by Gasteiger charge is -2.05. The van der Waals surface area contributed by atoms with Gasteiger partial charge in [0.2, 0.25) is 0 Å². The quantitative estimate of drug-likeness (QED) is 0.767. The van der Waals surface area contributed by atoms with Gasteiger partial charge in [-0.2, -0.15) is 0 Å². The number of furan rings is 1. The van der Waals surface area contributed by atoms with E-state index in [2.05, 4.69) is 5.32 Å². The van der Waals surface area contributed by atoms with E-state index in [1.165, 1.54) is 12.3 Å². The third-order valence-electron chi connectivity index (χ3n) is 2.89. The third kappa shape index (κ3) is 2.25. The van der Waals surface area contributed by atoms with Crippen molar-refractivity contribution in [2.45, 2.75) is 0 Å². The van der Waals surface area contributed by atoms with Gasteiger partial charge in [0.1, 0.15) is 5.58 Å². The molecule has 1 amide bonds. The van der Waals surface area contributed by atoms with Crippen molar-refractivity contribution in [3.8, 4) is 0 Å². The van der Waals surface area contributed by atoms with Gasteiger partial charge in [-0.1, -0.05) is 0 Å². The third-order valence-corrected chi connectivity index (χ3v) is 2.89. The van der Waals surface area contributed by atoms with Crippen molar-refractivity contribution in [2.24, 2.45) is 0 Å². The zero-order valence-electron chi connectivity index (χ0n) is 10.2. The number of hydrogen-bond donors (Lipinski definition) is 1. The second-order valence-corrected chi connectivity index (χ2v) is 4.26. The second-order valence-electron chi connectivity index (χ2n) is 4.26. The van der Waals surface area contributed by atoms with E-state index in [4.69, 9.17) is 4.42 Å². The fourth-order valence-electron chi connectivity index (χ4n) is 1.89. The summed E-state index contributed by atoms with van der Waals surface area (Å²) in [5, 5.41) is 3.30. The number of fused-ring (bicyclic) bond motifs is 1. The van der Waals surface area contributed by atoms with Gasteiger partial charge >= 0.3 is 0 Å². The van der Waals surface area contributed by atoms with Gasteiger partial charge < -0.3 is 9.73 Å². The molecule has 0 aliphatic rings. The molecule has 20 heavy (non-hydrogen) atoms. The van der Waals surface area contributed by atoms with Crippen LogP contribution in [0.4, 0.5) is 14.5 Å². The predicted octanol–water partition coefficient (Wildman–Crippen LogP) is 3.96. The Balaban J connectivity index is 1.86. The van der Waals surface area contributed by atoms with Crippen LogP contribution in [-0.4, -0.2) is 5.91 Å². The zero-order valence-corrected chi connectivity index (χ0v) is 10.2. The predicted molar refractivity (Wildman–Crippen MR) is 70.5 cm³/mol. The summed E-state index contributed by atoms with van der Waals surface area (Å²) in [4.78, 5) is 12.0. The SMILES string of the molecule is O=C(Nc1ccc(F)c(F)c1)c1ccc2occc2c1. The van der Waals surface area contributed by atoms with Crippen LogP contribution in [0, 0.1) is 11.6 Å². The first kappa shape index (κ1) is 12.3. The molecule has 1 aromatic heterocycles. The molecular formula is C15H9F2NO2. The van der Waals surface area contributed by atoms with E-state index >= 15 is 0 Å². The van der Waals surface area contributed by atoms with Crippen molar-refractivity contribution in [3.05, 3.63) is 65.9 Å². The van der Waals surface area contributed by atoms with Gasteiger partial charge in [-0.25, -0.2) is 8.78 Å². The van der Waals surface area contributed by atoms with Crippen LogP contribution in [0.5, 0.6) is 0 Å². The molecule has 0 atom stereocenters. The van der Waals surface area contributed by atoms with Gasteiger partial charge in [0.25, 0.3) is 5.91 Å². The molecule has 0 aliphatic heterocycles. The van der Waals surface area contributed by atoms with Crippen molar-refractivity contribution < 1.29 is 18.0 Å². The maximum Gasteiger partial charge on any atom is 0.255 e. The van der Waals surface area contributed by atoms with E-state index in [1.807, 2.05) is 0 Å². The van der Waals surface area contributed by atoms with Crippen LogP contribution in [-0.2, 0) is 0 Å². The van der Waals surface area contributed by atoms with E-state index in [9.17, 15) is 13.6 Å². The molecule has 5 heteroatoms. The Morgan fingerprint density at radius 2 is 1.85 bits per heavy atom. The molecule has 0 unspecified atom stereocenters. The van der Waals surface area contributed by atoms with Crippen molar-refractivity contribution >= 4 is 22.6 Å². The van der Waals surface area contributed by atoms with Crippen molar-refractivity contribution in [1.82, 2.24) is 0 Å². The van der Waals surface area contributed by atoms with Gasteiger partial charge in [-0.3, -0.25) is 4.79 Å². The summed E-state index contributed by atoms with van der Waals surface area (Å²) >= 11 is 0. The van der Waals surface area contributed by atoms with E-state index in [0.29, 0.717) is 11.1 Å². The highest BCUT2D eigenvalue weighted by atomic mass is 19.2. The van der Waals surface area contributed by atoms with Crippen LogP contribution < -0.4 is 5.32 Å². The molecule has 0 aliphatic carbocycles. The highest BCUT2D eigenvalue weighted by Gasteiger charge is 2.09. The average molecular weight is 273 g/mol. The molecule has 0 bridgehead atoms. The Labute approximate surface area is 112 Å². The minimum absolute atomic E-state index is 0.196. The van der Waals surface area contributed by atoms with Crippen molar-refractivity contribution in [3.63, 3.8) is 0 Å². The summed E-state index contributed by atoms with van der Waals surface area (Å²) in [5.74, 6) is -2.37. The van der Waals surface area contributed by atoms with Crippen LogP contribution >= 0.6 is 0 Å². The van der Waals surface area contributed by atoms with Crippen LogP contribution in [0.1, 0.15) is 10.4 Å². The van der Waals surface area contributed by atoms with Gasteiger partial charge in [0.15, 0.2) is 11.6 Å². The average Bonchev–Trinajstić information content (AvgIpc) is 2.90. The van der Waals surface area contributed by atoms with Crippen LogP contribution in [0.15, 0.2) is 53.1 Å². The maximum atomic E-state index is 13.1. The Hall–Kier alpha value is -2.69. The number of benzene rings is 2. The second kappa shape index (κ2) is 4.77. The fraction of sp³-hybridized carbons (Fsp3) is 0. The standard InChI is InChI=1S/C15H9F2NO2/c16-12-3-2-11(8-13(12)17)18-15(19)10-1-4-14-9(7-10)5-6-20-14/h1-8H,(H,18,19). The summed E-state index contributed by atoms with van der Waals surface area (Å²) < 4.78 is 31.0. The molecule has 3 nitrogen and oxygen atoms in total. The molecule has 1 N–H and O–H groups in total. The van der Waals surface area contributed by atoms with E-state index < -0.39 is 17.5 Å². The maximum absolute atomic E-state index is 13.1. The molecule has 3 rings (SSSR count). The van der Waals surface area contributed by atoms with Gasteiger partial charge in [0, 0.05) is 22.7 Å². The van der Waals surface area contributed by atoms with Gasteiger partial charge in [-0.05, 0) is 36.4 Å². The smallest absolute Gasteiger partial charge is 0.255 e. The number of carbonyl (C=O) groups is 1. The first-order chi connectivity index (χ1) is 9.63. The molecule has 2 aromatic carbocycles. The molecule has 3 aromatic rings. The molecule has 1 heterocycles. The van der Waals surface area contributed by atoms with E-state index in [-0.39, 0.29) is 5.69 Å². The highest BCUT2D eigenvalue weighted by Crippen LogP contribution is 2.19. The number of nitrogens with one attached hydrogen (secondary N) is 1. The molecule has 0 saturated heterocycles. The van der Waals surface area contributed by atoms with Gasteiger partial charge in [0.05, 0.1) is 6.26 Å². The van der Waals surface area contributed by atoms with Crippen molar-refractivity contribution in [2.75, 3.05) is 5.32 Å². The highest BCUT2D eigenvalue weighted by molar-refractivity contribution is 6.06. The Bertz CT molecular complexity index is 795. The van der Waals surface area contributed by atoms with Crippen LogP contribution in [0.2, 0.25) is 0 Å². The molecule has 0 saturated carbocycles. The summed E-state index contributed by atoms with van der Waals surface area (Å²) in [6.07, 6.45) is 1.53. The monoisotopic (exact) mass is 273 g/mol. The first-order valence-corrected chi connectivity index (χ1v) is 5.87. The zero-order chi connectivity index (χ0) is 14.1. The topological polar surface area (TPSA) is 42.2 Å². The normalized spacial score (nSPS) is 10.7. The number of halogens is 2. The van der Waals surface area contributed by atoms with Crippen LogP contribution in [0.25, 0.3) is 11.0 Å². The Kier molecular flexibility index (Phi) is 2.95. The lowest BCUT2D eigenvalue weighted by molar-refractivity contribution is 0.102. The molecule has 0 radical (unpaired) electrons. The molecule has 100 valence electrons. The lowest BCUT2D eigenvalue weighted by Crippen LogP contribution is -2.12. The minimum Gasteiger partial charge on any atom is -0.464 e. The summed E-state index contributed by atoms with van der Waals surface area (Å²) in [6, 6.07) is 9.87. The van der Waals surface area contributed by atoms with Crippen LogP contribution in [0.3, 0.4) is 0 Å². The largest absolute Gasteiger partial charge is 0.464 e. The fourth-order valence-corrected chi connectivity index (χ4v) is 1.89. The summed E-state index contributed by atoms with van der Waals surface area (Å²) in [7, 11) is 0. The number of carbonyl (C=O) groups excluding carboxylic acids is 1. The van der Waals surface area contributed by atoms with E-state index in [1.54, 1.807) is 24.3 Å². The molecule has 0 spiro atoms. The number of anilines is 1. The molecule has 0 fully saturated rings. The lowest BCUT2D eigenvalue weighted by atomic mass is 10.1. The van der Waals surface area contributed by atoms with Gasteiger partial charge in [-0.15, -0.1) is 0 Å². The number of rotatable bonds is 2. The Morgan fingerprint density at radius 3 is 2.65 bits per heavy atom. The first-order valence-electron chi connectivity index (χ1n) is 5.87. The minimum atomic E-state index is -1.01. The molecular weight excluding hydrogens is 264 g/mol. The van der Waals surface area contributed by atoms with E-state index in [0.717, 1.165) is 17.5 Å². The Morgan fingerprint density at radius 1 is 1.00 bits per heavy atom. The summed E-state index contributed by atoms with van der Waals surface area (Å²) in [6.45, 7) is 0. The number of amides is 1.